The molecule has 0 spiro atoms. The lowest BCUT2D eigenvalue weighted by atomic mass is 9.79. The lowest BCUT2D eigenvalue weighted by Crippen LogP contribution is -2.20. The van der Waals surface area contributed by atoms with E-state index in [1.807, 2.05) is 6.08 Å². The summed E-state index contributed by atoms with van der Waals surface area (Å²) < 4.78 is 7.93. The van der Waals surface area contributed by atoms with Gasteiger partial charge in [0.05, 0.1) is 1.37 Å². The molecule has 13 heavy (non-hydrogen) atoms. The highest BCUT2D eigenvalue weighted by Gasteiger charge is 2.48. The van der Waals surface area contributed by atoms with Crippen molar-refractivity contribution in [3.63, 3.8) is 0 Å². The minimum atomic E-state index is 0.352. The third kappa shape index (κ3) is 0.903. The van der Waals surface area contributed by atoms with Crippen LogP contribution in [0.2, 0.25) is 0 Å². The average molecular weight is 175 g/mol. The molecular weight excluding hydrogens is 160 g/mol. The predicted molar refractivity (Wildman–Crippen MR) is 51.0 cm³/mol. The van der Waals surface area contributed by atoms with Crippen LogP contribution in [0.3, 0.4) is 0 Å². The monoisotopic (exact) mass is 175 g/mol. The molecule has 0 aliphatic heterocycles. The Labute approximate surface area is 79.9 Å². The van der Waals surface area contributed by atoms with Gasteiger partial charge in [-0.15, -0.1) is 0 Å². The SMILES string of the molecule is [2H]C1=C[C@H](CC=O)[C@@H]2[C@H]1[C@H]1C=C[C@@H]2C1. The highest BCUT2D eigenvalue weighted by molar-refractivity contribution is 5.51. The summed E-state index contributed by atoms with van der Waals surface area (Å²) in [4.78, 5) is 10.6. The second kappa shape index (κ2) is 2.57. The van der Waals surface area contributed by atoms with E-state index in [-0.39, 0.29) is 0 Å². The van der Waals surface area contributed by atoms with E-state index in [2.05, 4.69) is 12.2 Å². The van der Waals surface area contributed by atoms with Gasteiger partial charge in [0.1, 0.15) is 6.29 Å². The zero-order valence-corrected chi connectivity index (χ0v) is 7.52. The van der Waals surface area contributed by atoms with Crippen LogP contribution in [0.5, 0.6) is 0 Å². The van der Waals surface area contributed by atoms with Crippen LogP contribution >= 0.6 is 0 Å². The van der Waals surface area contributed by atoms with Gasteiger partial charge >= 0.3 is 0 Å². The fraction of sp³-hybridized carbons (Fsp3) is 0.583. The highest BCUT2D eigenvalue weighted by Crippen LogP contribution is 2.55. The Kier molecular flexibility index (Phi) is 1.30. The summed E-state index contributed by atoms with van der Waals surface area (Å²) in [5.74, 6) is 2.61. The molecule has 0 unspecified atom stereocenters. The molecular formula is C12H14O. The Bertz CT molecular complexity index is 331. The number of rotatable bonds is 2. The Morgan fingerprint density at radius 2 is 2.23 bits per heavy atom. The fourth-order valence-corrected chi connectivity index (χ4v) is 3.36. The quantitative estimate of drug-likeness (QED) is 0.464. The second-order valence-corrected chi connectivity index (χ2v) is 4.45. The molecule has 68 valence electrons. The van der Waals surface area contributed by atoms with Crippen molar-refractivity contribution >= 4 is 6.29 Å². The second-order valence-electron chi connectivity index (χ2n) is 4.45. The van der Waals surface area contributed by atoms with Crippen LogP contribution in [0, 0.1) is 29.6 Å². The van der Waals surface area contributed by atoms with Crippen LogP contribution < -0.4 is 0 Å². The van der Waals surface area contributed by atoms with Gasteiger partial charge < -0.3 is 4.79 Å². The Hall–Kier alpha value is -0.850. The first-order valence-electron chi connectivity index (χ1n) is 5.61. The molecule has 0 radical (unpaired) electrons. The summed E-state index contributed by atoms with van der Waals surface area (Å²) >= 11 is 0. The minimum absolute atomic E-state index is 0.352. The Balaban J connectivity index is 1.92. The molecule has 0 heterocycles. The lowest BCUT2D eigenvalue weighted by Gasteiger charge is -2.24. The van der Waals surface area contributed by atoms with Crippen molar-refractivity contribution in [2.75, 3.05) is 0 Å². The van der Waals surface area contributed by atoms with E-state index in [0.29, 0.717) is 36.0 Å². The minimum Gasteiger partial charge on any atom is -0.303 e. The topological polar surface area (TPSA) is 17.1 Å². The number of fused-ring (bicyclic) bond motifs is 5. The zero-order chi connectivity index (χ0) is 9.71. The normalized spacial score (nSPS) is 51.8. The summed E-state index contributed by atoms with van der Waals surface area (Å²) in [6.07, 6.45) is 9.44. The van der Waals surface area contributed by atoms with Crippen molar-refractivity contribution in [1.82, 2.24) is 0 Å². The first kappa shape index (κ1) is 6.58. The molecule has 3 aliphatic rings. The van der Waals surface area contributed by atoms with E-state index in [0.717, 1.165) is 12.3 Å². The molecule has 1 nitrogen and oxygen atoms in total. The van der Waals surface area contributed by atoms with Crippen molar-refractivity contribution in [3.05, 3.63) is 24.3 Å². The molecule has 1 heteroatoms. The standard InChI is InChI=1S/C12H14O/c13-6-5-8-3-4-11-9-1-2-10(7-9)12(8)11/h1-4,6,8-12H,5,7H2/t8-,9+,10-,11-,12+/m1/s1/i4D. The highest BCUT2D eigenvalue weighted by atomic mass is 16.1. The van der Waals surface area contributed by atoms with Gasteiger partial charge in [-0.2, -0.15) is 0 Å². The largest absolute Gasteiger partial charge is 0.303 e. The molecule has 0 aromatic heterocycles. The average Bonchev–Trinajstić information content (AvgIpc) is 2.80. The van der Waals surface area contributed by atoms with Crippen molar-refractivity contribution in [3.8, 4) is 0 Å². The summed E-state index contributed by atoms with van der Waals surface area (Å²) in [5.41, 5.74) is 0. The molecule has 0 saturated heterocycles. The van der Waals surface area contributed by atoms with E-state index in [4.69, 9.17) is 1.37 Å². The van der Waals surface area contributed by atoms with Crippen LogP contribution in [0.1, 0.15) is 14.2 Å². The van der Waals surface area contributed by atoms with Crippen LogP contribution in [0.25, 0.3) is 0 Å². The fourth-order valence-electron chi connectivity index (χ4n) is 3.36. The van der Waals surface area contributed by atoms with Crippen LogP contribution in [-0.4, -0.2) is 6.29 Å². The Morgan fingerprint density at radius 3 is 3.08 bits per heavy atom. The maximum absolute atomic E-state index is 10.6. The third-order valence-electron chi connectivity index (χ3n) is 3.89. The first-order valence-corrected chi connectivity index (χ1v) is 5.11. The number of carbonyl (C=O) groups excluding carboxylic acids is 1. The lowest BCUT2D eigenvalue weighted by molar-refractivity contribution is -0.108. The maximum atomic E-state index is 10.6. The van der Waals surface area contributed by atoms with Crippen LogP contribution in [0.4, 0.5) is 0 Å². The molecule has 3 rings (SSSR count). The maximum Gasteiger partial charge on any atom is 0.120 e. The van der Waals surface area contributed by atoms with Gasteiger partial charge in [0.25, 0.3) is 0 Å². The van der Waals surface area contributed by atoms with Gasteiger partial charge in [-0.05, 0) is 36.0 Å². The third-order valence-corrected chi connectivity index (χ3v) is 3.89. The van der Waals surface area contributed by atoms with Gasteiger partial charge in [0.15, 0.2) is 0 Å². The van der Waals surface area contributed by atoms with E-state index < -0.39 is 0 Å². The summed E-state index contributed by atoms with van der Waals surface area (Å²) in [7, 11) is 0. The van der Waals surface area contributed by atoms with Crippen LogP contribution in [-0.2, 0) is 4.79 Å². The van der Waals surface area contributed by atoms with Crippen molar-refractivity contribution in [2.45, 2.75) is 12.8 Å². The summed E-state index contributed by atoms with van der Waals surface area (Å²) in [5, 5.41) is 0. The molecule has 2 bridgehead atoms. The van der Waals surface area contributed by atoms with Crippen LogP contribution in [0.15, 0.2) is 24.3 Å². The van der Waals surface area contributed by atoms with Crippen molar-refractivity contribution < 1.29 is 6.17 Å². The number of hydrogen-bond acceptors (Lipinski definition) is 1. The molecule has 1 fully saturated rings. The number of aldehydes is 1. The predicted octanol–water partition coefficient (Wildman–Crippen LogP) is 2.20. The van der Waals surface area contributed by atoms with Gasteiger partial charge in [-0.1, -0.05) is 24.3 Å². The van der Waals surface area contributed by atoms with Crippen molar-refractivity contribution in [2.24, 2.45) is 29.6 Å². The molecule has 0 amide bonds. The number of carbonyl (C=O) groups is 1. The first-order chi connectivity index (χ1) is 6.81. The van der Waals surface area contributed by atoms with Gasteiger partial charge in [-0.3, -0.25) is 0 Å². The van der Waals surface area contributed by atoms with Crippen molar-refractivity contribution in [1.29, 1.82) is 0 Å². The summed E-state index contributed by atoms with van der Waals surface area (Å²) in [6, 6.07) is 0.790. The molecule has 0 aromatic carbocycles. The molecule has 3 aliphatic carbocycles. The Morgan fingerprint density at radius 1 is 1.38 bits per heavy atom. The van der Waals surface area contributed by atoms with E-state index in [9.17, 15) is 4.79 Å². The van der Waals surface area contributed by atoms with E-state index >= 15 is 0 Å². The smallest absolute Gasteiger partial charge is 0.120 e. The summed E-state index contributed by atoms with van der Waals surface area (Å²) in [6.45, 7) is 0. The molecule has 0 N–H and O–H groups in total. The molecule has 1 saturated carbocycles. The number of hydrogen-bond donors (Lipinski definition) is 0. The zero-order valence-electron chi connectivity index (χ0n) is 8.52. The van der Waals surface area contributed by atoms with Gasteiger partial charge in [0, 0.05) is 6.42 Å². The van der Waals surface area contributed by atoms with Gasteiger partial charge in [-0.25, -0.2) is 0 Å². The van der Waals surface area contributed by atoms with E-state index in [1.54, 1.807) is 0 Å². The molecule has 5 atom stereocenters. The van der Waals surface area contributed by atoms with Gasteiger partial charge in [0.2, 0.25) is 0 Å². The van der Waals surface area contributed by atoms with E-state index in [1.165, 1.54) is 6.42 Å². The molecule has 0 aromatic rings. The number of allylic oxidation sites excluding steroid dienone is 4.